The molecule has 1 aliphatic carbocycles. The molecule has 1 aromatic heterocycles. The Morgan fingerprint density at radius 2 is 1.97 bits per heavy atom. The number of hydrogen-bond donors (Lipinski definition) is 0. The van der Waals surface area contributed by atoms with E-state index >= 15 is 0 Å². The van der Waals surface area contributed by atoms with Crippen LogP contribution in [-0.4, -0.2) is 37.9 Å². The van der Waals surface area contributed by atoms with E-state index < -0.39 is 16.7 Å². The number of nitrogens with zero attached hydrogens (tertiary/aromatic N) is 4. The van der Waals surface area contributed by atoms with E-state index in [0.29, 0.717) is 24.8 Å². The Labute approximate surface area is 186 Å². The average Bonchev–Trinajstić information content (AvgIpc) is 3.15. The molecule has 2 aliphatic heterocycles. The van der Waals surface area contributed by atoms with Crippen LogP contribution >= 0.6 is 11.6 Å². The van der Waals surface area contributed by atoms with Crippen LogP contribution in [0.1, 0.15) is 49.9 Å². The van der Waals surface area contributed by atoms with Crippen LogP contribution in [0.4, 0.5) is 0 Å². The quantitative estimate of drug-likeness (QED) is 0.678. The van der Waals surface area contributed by atoms with Gasteiger partial charge in [-0.2, -0.15) is 5.10 Å². The van der Waals surface area contributed by atoms with Crippen LogP contribution < -0.4 is 11.1 Å². The van der Waals surface area contributed by atoms with E-state index in [1.807, 2.05) is 18.2 Å². The molecule has 166 valence electrons. The second-order valence-electron chi connectivity index (χ2n) is 9.36. The molecule has 2 fully saturated rings. The van der Waals surface area contributed by atoms with E-state index in [2.05, 4.69) is 16.1 Å². The summed E-state index contributed by atoms with van der Waals surface area (Å²) < 4.78 is 9.24. The Morgan fingerprint density at radius 3 is 2.77 bits per heavy atom. The molecule has 31 heavy (non-hydrogen) atoms. The van der Waals surface area contributed by atoms with Crippen molar-refractivity contribution in [1.82, 2.24) is 19.2 Å². The third-order valence-electron chi connectivity index (χ3n) is 7.01. The minimum atomic E-state index is -0.500. The number of halogens is 1. The van der Waals surface area contributed by atoms with Gasteiger partial charge in [0.05, 0.1) is 6.54 Å². The number of ether oxygens (including phenoxy) is 1. The molecule has 0 N–H and O–H groups in total. The SMILES string of the molecule is O=c1c(=O)n2c(nn1CC1CCCCC1)CO[C@@]1(CCN(Cc3cccc(Cl)c3)C1)C2. The molecule has 1 spiro atoms. The average molecular weight is 445 g/mol. The van der Waals surface area contributed by atoms with Crippen LogP contribution in [0.2, 0.25) is 5.02 Å². The van der Waals surface area contributed by atoms with Gasteiger partial charge in [0, 0.05) is 31.2 Å². The maximum Gasteiger partial charge on any atom is 0.332 e. The van der Waals surface area contributed by atoms with Crippen molar-refractivity contribution in [1.29, 1.82) is 0 Å². The number of hydrogen-bond acceptors (Lipinski definition) is 5. The zero-order chi connectivity index (χ0) is 21.4. The molecule has 8 heteroatoms. The molecule has 2 aromatic rings. The molecule has 3 heterocycles. The molecule has 1 saturated carbocycles. The summed E-state index contributed by atoms with van der Waals surface area (Å²) in [6.07, 6.45) is 6.69. The van der Waals surface area contributed by atoms with E-state index in [0.717, 1.165) is 49.5 Å². The molecule has 7 nitrogen and oxygen atoms in total. The molecule has 1 atom stereocenters. The Bertz CT molecular complexity index is 1080. The maximum atomic E-state index is 12.9. The van der Waals surface area contributed by atoms with Crippen molar-refractivity contribution in [3.05, 3.63) is 61.4 Å². The van der Waals surface area contributed by atoms with E-state index in [4.69, 9.17) is 16.3 Å². The molecule has 0 radical (unpaired) electrons. The predicted octanol–water partition coefficient (Wildman–Crippen LogP) is 2.81. The van der Waals surface area contributed by atoms with Gasteiger partial charge in [0.2, 0.25) is 0 Å². The first kappa shape index (κ1) is 20.9. The fraction of sp³-hybridized carbons (Fsp3) is 0.609. The molecule has 0 amide bonds. The Morgan fingerprint density at radius 1 is 1.13 bits per heavy atom. The lowest BCUT2D eigenvalue weighted by molar-refractivity contribution is -0.0860. The zero-order valence-corrected chi connectivity index (χ0v) is 18.5. The number of benzene rings is 1. The van der Waals surface area contributed by atoms with Crippen molar-refractivity contribution in [3.8, 4) is 0 Å². The van der Waals surface area contributed by atoms with Crippen LogP contribution in [0.5, 0.6) is 0 Å². The summed E-state index contributed by atoms with van der Waals surface area (Å²) in [6, 6.07) is 7.88. The summed E-state index contributed by atoms with van der Waals surface area (Å²) in [5.74, 6) is 1.01. The summed E-state index contributed by atoms with van der Waals surface area (Å²) in [6.45, 7) is 3.58. The highest BCUT2D eigenvalue weighted by Crippen LogP contribution is 2.32. The van der Waals surface area contributed by atoms with Gasteiger partial charge < -0.3 is 4.74 Å². The predicted molar refractivity (Wildman–Crippen MR) is 118 cm³/mol. The zero-order valence-electron chi connectivity index (χ0n) is 17.8. The van der Waals surface area contributed by atoms with Crippen LogP contribution in [-0.2, 0) is 31.0 Å². The van der Waals surface area contributed by atoms with Crippen LogP contribution in [0, 0.1) is 5.92 Å². The second kappa shape index (κ2) is 8.52. The molecule has 1 saturated heterocycles. The molecular formula is C23H29ClN4O3. The van der Waals surface area contributed by atoms with Gasteiger partial charge in [-0.3, -0.25) is 19.1 Å². The first-order valence-electron chi connectivity index (χ1n) is 11.3. The molecule has 3 aliphatic rings. The molecule has 1 aromatic carbocycles. The van der Waals surface area contributed by atoms with Gasteiger partial charge >= 0.3 is 11.1 Å². The van der Waals surface area contributed by atoms with Gasteiger partial charge in [-0.1, -0.05) is 43.0 Å². The van der Waals surface area contributed by atoms with Crippen LogP contribution in [0.3, 0.4) is 0 Å². The third kappa shape index (κ3) is 4.36. The van der Waals surface area contributed by atoms with Crippen LogP contribution in [0.25, 0.3) is 0 Å². The largest absolute Gasteiger partial charge is 0.364 e. The summed E-state index contributed by atoms with van der Waals surface area (Å²) in [4.78, 5) is 28.0. The third-order valence-corrected chi connectivity index (χ3v) is 7.25. The van der Waals surface area contributed by atoms with Gasteiger partial charge in [0.1, 0.15) is 12.2 Å². The standard InChI is InChI=1S/C23H29ClN4O3/c24-19-8-4-7-18(11-19)12-26-10-9-23(15-26)16-27-20(14-31-23)25-28(22(30)21(27)29)13-17-5-2-1-3-6-17/h4,7-8,11,17H,1-3,5-6,9-10,12-16H2/t23-/m1/s1. The van der Waals surface area contributed by atoms with Gasteiger partial charge in [-0.05, 0) is 42.9 Å². The van der Waals surface area contributed by atoms with Crippen molar-refractivity contribution in [2.24, 2.45) is 5.92 Å². The molecule has 0 unspecified atom stereocenters. The highest BCUT2D eigenvalue weighted by molar-refractivity contribution is 6.30. The van der Waals surface area contributed by atoms with Crippen molar-refractivity contribution in [2.75, 3.05) is 13.1 Å². The fourth-order valence-corrected chi connectivity index (χ4v) is 5.56. The molecular weight excluding hydrogens is 416 g/mol. The van der Waals surface area contributed by atoms with E-state index in [1.165, 1.54) is 23.9 Å². The van der Waals surface area contributed by atoms with Crippen LogP contribution in [0.15, 0.2) is 33.9 Å². The number of aromatic nitrogens is 3. The van der Waals surface area contributed by atoms with Gasteiger partial charge in [-0.25, -0.2) is 4.68 Å². The minimum Gasteiger partial charge on any atom is -0.364 e. The lowest BCUT2D eigenvalue weighted by Crippen LogP contribution is -2.53. The van der Waals surface area contributed by atoms with Crippen molar-refractivity contribution in [3.63, 3.8) is 0 Å². The fourth-order valence-electron chi connectivity index (χ4n) is 5.34. The smallest absolute Gasteiger partial charge is 0.332 e. The van der Waals surface area contributed by atoms with Crippen molar-refractivity contribution in [2.45, 2.75) is 70.4 Å². The summed E-state index contributed by atoms with van der Waals surface area (Å²) in [5, 5.41) is 5.27. The molecule has 5 rings (SSSR count). The number of likely N-dealkylation sites (tertiary alicyclic amines) is 1. The summed E-state index contributed by atoms with van der Waals surface area (Å²) in [7, 11) is 0. The maximum absolute atomic E-state index is 12.9. The van der Waals surface area contributed by atoms with E-state index in [1.54, 1.807) is 4.57 Å². The monoisotopic (exact) mass is 444 g/mol. The lowest BCUT2D eigenvalue weighted by atomic mass is 9.89. The topological polar surface area (TPSA) is 69.4 Å². The summed E-state index contributed by atoms with van der Waals surface area (Å²) in [5.41, 5.74) is -0.249. The first-order valence-corrected chi connectivity index (χ1v) is 11.7. The van der Waals surface area contributed by atoms with Crippen molar-refractivity contribution < 1.29 is 4.74 Å². The highest BCUT2D eigenvalue weighted by Gasteiger charge is 2.43. The number of fused-ring (bicyclic) bond motifs is 1. The van der Waals surface area contributed by atoms with E-state index in [-0.39, 0.29) is 6.61 Å². The Kier molecular flexibility index (Phi) is 5.75. The lowest BCUT2D eigenvalue weighted by Gasteiger charge is -2.35. The van der Waals surface area contributed by atoms with Crippen molar-refractivity contribution >= 4 is 11.6 Å². The number of rotatable bonds is 4. The van der Waals surface area contributed by atoms with Gasteiger partial charge in [0.25, 0.3) is 0 Å². The molecule has 0 bridgehead atoms. The summed E-state index contributed by atoms with van der Waals surface area (Å²) >= 11 is 6.12. The normalized spacial score (nSPS) is 24.5. The van der Waals surface area contributed by atoms with Gasteiger partial charge in [0.15, 0.2) is 5.82 Å². The van der Waals surface area contributed by atoms with E-state index in [9.17, 15) is 9.59 Å². The highest BCUT2D eigenvalue weighted by atomic mass is 35.5. The van der Waals surface area contributed by atoms with Gasteiger partial charge in [-0.15, -0.1) is 0 Å². The Balaban J connectivity index is 1.32. The minimum absolute atomic E-state index is 0.269. The Hall–Kier alpha value is -1.96. The first-order chi connectivity index (χ1) is 15.0. The second-order valence-corrected chi connectivity index (χ2v) is 9.80.